The highest BCUT2D eigenvalue weighted by Crippen LogP contribution is 2.36. The zero-order chi connectivity index (χ0) is 26.2. The van der Waals surface area contributed by atoms with Gasteiger partial charge >= 0.3 is 5.97 Å². The lowest BCUT2D eigenvalue weighted by atomic mass is 9.98. The summed E-state index contributed by atoms with van der Waals surface area (Å²) < 4.78 is 26.0. The molecule has 0 aromatic carbocycles. The van der Waals surface area contributed by atoms with Crippen molar-refractivity contribution in [3.63, 3.8) is 0 Å². The fourth-order valence-corrected chi connectivity index (χ4v) is 4.00. The van der Waals surface area contributed by atoms with Crippen LogP contribution in [0.5, 0.6) is 0 Å². The van der Waals surface area contributed by atoms with E-state index in [1.165, 1.54) is 0 Å². The summed E-state index contributed by atoms with van der Waals surface area (Å²) in [6, 6.07) is 0. The van der Waals surface area contributed by atoms with Crippen molar-refractivity contribution in [2.24, 2.45) is 0 Å². The maximum absolute atomic E-state index is 11.2. The van der Waals surface area contributed by atoms with Crippen molar-refractivity contribution in [2.45, 2.75) is 85.5 Å². The normalized spacial score (nSPS) is 50.9. The first-order valence-electron chi connectivity index (χ1n) is 10.6. The first kappa shape index (κ1) is 28.4. The first-order chi connectivity index (χ1) is 16.4. The lowest BCUT2D eigenvalue weighted by Crippen LogP contribution is -2.64. The highest BCUT2D eigenvalue weighted by atomic mass is 16.8. The Kier molecular flexibility index (Phi) is 9.01. The number of hydrogen-bond donors (Lipinski definition) is 11. The number of aliphatic hydroxyl groups excluding tert-OH is 10. The minimum Gasteiger partial charge on any atom is -0.479 e. The van der Waals surface area contributed by atoms with E-state index in [1.807, 2.05) is 0 Å². The minimum absolute atomic E-state index is 0.751. The van der Waals surface area contributed by atoms with Gasteiger partial charge in [0.2, 0.25) is 5.79 Å². The molecule has 3 aliphatic heterocycles. The van der Waals surface area contributed by atoms with Gasteiger partial charge in [0, 0.05) is 0 Å². The first-order valence-corrected chi connectivity index (χ1v) is 10.6. The molecule has 204 valence electrons. The minimum atomic E-state index is -2.40. The molecule has 0 bridgehead atoms. The van der Waals surface area contributed by atoms with Crippen LogP contribution in [0.3, 0.4) is 0 Å². The lowest BCUT2D eigenvalue weighted by molar-refractivity contribution is -0.387. The van der Waals surface area contributed by atoms with Gasteiger partial charge in [0.1, 0.15) is 67.6 Å². The second kappa shape index (κ2) is 11.1. The average Bonchev–Trinajstić information content (AvgIpc) is 3.07. The maximum Gasteiger partial charge on any atom is 0.335 e. The van der Waals surface area contributed by atoms with Crippen molar-refractivity contribution in [3.05, 3.63) is 0 Å². The molecule has 0 saturated carbocycles. The van der Waals surface area contributed by atoms with Gasteiger partial charge in [-0.25, -0.2) is 4.79 Å². The van der Waals surface area contributed by atoms with Crippen LogP contribution in [0.4, 0.5) is 0 Å². The predicted molar refractivity (Wildman–Crippen MR) is 102 cm³/mol. The Hall–Kier alpha value is -1.13. The number of carboxylic acids is 1. The van der Waals surface area contributed by atoms with E-state index >= 15 is 0 Å². The zero-order valence-corrected chi connectivity index (χ0v) is 18.0. The van der Waals surface area contributed by atoms with Crippen LogP contribution in [-0.2, 0) is 28.5 Å². The maximum atomic E-state index is 11.2. The van der Waals surface area contributed by atoms with Crippen LogP contribution in [0.1, 0.15) is 0 Å². The Balaban J connectivity index is 1.70. The largest absolute Gasteiger partial charge is 0.479 e. The van der Waals surface area contributed by atoms with Gasteiger partial charge in [0.15, 0.2) is 18.7 Å². The molecule has 3 fully saturated rings. The second-order valence-corrected chi connectivity index (χ2v) is 8.45. The van der Waals surface area contributed by atoms with Crippen LogP contribution < -0.4 is 0 Å². The predicted octanol–water partition coefficient (Wildman–Crippen LogP) is -7.48. The fraction of sp³-hybridized carbons (Fsp3) is 0.944. The quantitative estimate of drug-likeness (QED) is 0.142. The van der Waals surface area contributed by atoms with Gasteiger partial charge in [-0.3, -0.25) is 0 Å². The van der Waals surface area contributed by atoms with Crippen LogP contribution in [0.15, 0.2) is 0 Å². The molecule has 17 nitrogen and oxygen atoms in total. The highest BCUT2D eigenvalue weighted by Gasteiger charge is 2.58. The van der Waals surface area contributed by atoms with Crippen LogP contribution >= 0.6 is 0 Å². The monoisotopic (exact) mass is 518 g/mol. The Bertz CT molecular complexity index is 725. The number of rotatable bonds is 8. The third-order valence-electron chi connectivity index (χ3n) is 6.13. The van der Waals surface area contributed by atoms with Gasteiger partial charge in [-0.1, -0.05) is 0 Å². The number of aliphatic carboxylic acids is 1. The number of carboxylic acid groups (broad SMARTS) is 1. The van der Waals surface area contributed by atoms with Crippen molar-refractivity contribution in [1.82, 2.24) is 0 Å². The van der Waals surface area contributed by atoms with Gasteiger partial charge < -0.3 is 79.9 Å². The molecule has 11 N–H and O–H groups in total. The molecular weight excluding hydrogens is 488 g/mol. The summed E-state index contributed by atoms with van der Waals surface area (Å²) >= 11 is 0. The smallest absolute Gasteiger partial charge is 0.335 e. The van der Waals surface area contributed by atoms with Gasteiger partial charge in [-0.2, -0.15) is 0 Å². The summed E-state index contributed by atoms with van der Waals surface area (Å²) in [5.41, 5.74) is 0. The molecular formula is C18H30O17. The van der Waals surface area contributed by atoms with Crippen molar-refractivity contribution in [1.29, 1.82) is 0 Å². The van der Waals surface area contributed by atoms with Crippen LogP contribution in [-0.4, -0.2) is 167 Å². The van der Waals surface area contributed by atoms with E-state index in [0.29, 0.717) is 0 Å². The molecule has 0 aromatic heterocycles. The molecule has 0 amide bonds. The summed E-state index contributed by atoms with van der Waals surface area (Å²) in [4.78, 5) is 11.2. The van der Waals surface area contributed by atoms with Crippen molar-refractivity contribution < 1.29 is 84.7 Å². The Morgan fingerprint density at radius 2 is 1.34 bits per heavy atom. The van der Waals surface area contributed by atoms with Crippen molar-refractivity contribution in [2.75, 3.05) is 19.8 Å². The average molecular weight is 518 g/mol. The van der Waals surface area contributed by atoms with E-state index in [0.717, 1.165) is 0 Å². The van der Waals surface area contributed by atoms with Gasteiger partial charge in [0.05, 0.1) is 13.2 Å². The Morgan fingerprint density at radius 1 is 0.743 bits per heavy atom. The number of carbonyl (C=O) groups is 1. The van der Waals surface area contributed by atoms with E-state index in [9.17, 15) is 55.9 Å². The van der Waals surface area contributed by atoms with Crippen LogP contribution in [0.25, 0.3) is 0 Å². The molecule has 17 heteroatoms. The Morgan fingerprint density at radius 3 is 1.89 bits per heavy atom. The standard InChI is InChI=1S/C18H30O17/c19-1-4-7(22)14(28)18(3-20,34-4)35-17-12(27)8(23)6(21)5(32-17)2-31-16-11(26)9(24)10(25)13(33-16)15(29)30/h4-14,16-17,19-28H,1-3H2,(H,29,30). The molecule has 3 saturated heterocycles. The molecule has 3 aliphatic rings. The summed E-state index contributed by atoms with van der Waals surface area (Å²) in [5.74, 6) is -4.06. The van der Waals surface area contributed by atoms with Crippen LogP contribution in [0.2, 0.25) is 0 Å². The summed E-state index contributed by atoms with van der Waals surface area (Å²) in [6.45, 7) is -2.61. The second-order valence-electron chi connectivity index (χ2n) is 8.45. The van der Waals surface area contributed by atoms with Crippen molar-refractivity contribution in [3.8, 4) is 0 Å². The fourth-order valence-electron chi connectivity index (χ4n) is 4.00. The van der Waals surface area contributed by atoms with E-state index < -0.39 is 111 Å². The highest BCUT2D eigenvalue weighted by molar-refractivity contribution is 5.73. The molecule has 3 heterocycles. The molecule has 35 heavy (non-hydrogen) atoms. The molecule has 0 aromatic rings. The number of ether oxygens (including phenoxy) is 5. The summed E-state index contributed by atoms with van der Waals surface area (Å²) in [6.07, 6.45) is -23.9. The van der Waals surface area contributed by atoms with E-state index in [4.69, 9.17) is 28.8 Å². The lowest BCUT2D eigenvalue weighted by Gasteiger charge is -2.44. The van der Waals surface area contributed by atoms with Gasteiger partial charge in [0.25, 0.3) is 0 Å². The van der Waals surface area contributed by atoms with E-state index in [1.54, 1.807) is 0 Å². The Labute approximate surface area is 196 Å². The molecule has 3 rings (SSSR count). The molecule has 0 radical (unpaired) electrons. The number of hydrogen-bond acceptors (Lipinski definition) is 16. The zero-order valence-electron chi connectivity index (χ0n) is 18.0. The van der Waals surface area contributed by atoms with E-state index in [-0.39, 0.29) is 0 Å². The SMILES string of the molecule is O=C(O)C1OC(OCC2OC(OC3(CO)OC(CO)C(O)C3O)C(O)C(O)C2O)C(O)C(O)C1O. The summed E-state index contributed by atoms with van der Waals surface area (Å²) in [7, 11) is 0. The van der Waals surface area contributed by atoms with Crippen molar-refractivity contribution >= 4 is 5.97 Å². The molecule has 0 aliphatic carbocycles. The van der Waals surface area contributed by atoms with Gasteiger partial charge in [-0.15, -0.1) is 0 Å². The van der Waals surface area contributed by atoms with E-state index in [2.05, 4.69) is 0 Å². The topological polar surface area (TPSA) is 286 Å². The number of aliphatic hydroxyl groups is 10. The molecule has 14 atom stereocenters. The van der Waals surface area contributed by atoms with Crippen LogP contribution in [0, 0.1) is 0 Å². The molecule has 14 unspecified atom stereocenters. The summed E-state index contributed by atoms with van der Waals surface area (Å²) in [5, 5.41) is 109. The van der Waals surface area contributed by atoms with Gasteiger partial charge in [-0.05, 0) is 0 Å². The third kappa shape index (κ3) is 5.30. The molecule has 0 spiro atoms. The third-order valence-corrected chi connectivity index (χ3v) is 6.13.